The van der Waals surface area contributed by atoms with Gasteiger partial charge in [-0.15, -0.1) is 11.3 Å². The number of pyridine rings is 1. The summed E-state index contributed by atoms with van der Waals surface area (Å²) in [5.74, 6) is 5.54. The lowest BCUT2D eigenvalue weighted by Gasteiger charge is -2.14. The molecule has 0 bridgehead atoms. The van der Waals surface area contributed by atoms with E-state index in [-0.39, 0.29) is 6.04 Å². The minimum absolute atomic E-state index is 0.0690. The number of aromatic nitrogens is 1. The van der Waals surface area contributed by atoms with E-state index in [2.05, 4.69) is 10.4 Å². The molecule has 0 amide bonds. The highest BCUT2D eigenvalue weighted by Crippen LogP contribution is 2.31. The van der Waals surface area contributed by atoms with Crippen molar-refractivity contribution in [2.24, 2.45) is 5.84 Å². The highest BCUT2D eigenvalue weighted by Gasteiger charge is 2.16. The van der Waals surface area contributed by atoms with Gasteiger partial charge in [-0.05, 0) is 29.1 Å². The number of rotatable bonds is 3. The summed E-state index contributed by atoms with van der Waals surface area (Å²) in [5, 5.41) is 2.68. The largest absolute Gasteiger partial charge is 0.271 e. The van der Waals surface area contributed by atoms with Crippen LogP contribution in [-0.2, 0) is 0 Å². The van der Waals surface area contributed by atoms with Gasteiger partial charge in [0.25, 0.3) is 0 Å². The number of nitrogens with two attached hydrogens (primary N) is 1. The predicted molar refractivity (Wildman–Crippen MR) is 62.7 cm³/mol. The van der Waals surface area contributed by atoms with E-state index in [0.717, 1.165) is 15.5 Å². The summed E-state index contributed by atoms with van der Waals surface area (Å²) in [6.07, 6.45) is 3.47. The lowest BCUT2D eigenvalue weighted by Crippen LogP contribution is -2.28. The zero-order valence-electron chi connectivity index (χ0n) is 7.85. The summed E-state index contributed by atoms with van der Waals surface area (Å²) in [6.45, 7) is 0. The van der Waals surface area contributed by atoms with Crippen LogP contribution in [0.1, 0.15) is 16.5 Å². The second kappa shape index (κ2) is 4.72. The van der Waals surface area contributed by atoms with Crippen LogP contribution in [0, 0.1) is 0 Å². The topological polar surface area (TPSA) is 50.9 Å². The van der Waals surface area contributed by atoms with Crippen molar-refractivity contribution in [2.75, 3.05) is 0 Å². The van der Waals surface area contributed by atoms with Crippen LogP contribution in [0.4, 0.5) is 0 Å². The third-order valence-corrected chi connectivity index (χ3v) is 3.54. The molecule has 0 aliphatic rings. The van der Waals surface area contributed by atoms with E-state index in [1.165, 1.54) is 0 Å². The molecule has 0 radical (unpaired) electrons. The van der Waals surface area contributed by atoms with Crippen LogP contribution in [-0.4, -0.2) is 4.98 Å². The quantitative estimate of drug-likeness (QED) is 0.639. The Hall–Kier alpha value is -0.940. The van der Waals surface area contributed by atoms with Crippen molar-refractivity contribution >= 4 is 22.9 Å². The fourth-order valence-corrected chi connectivity index (χ4v) is 2.64. The molecule has 0 aliphatic heterocycles. The van der Waals surface area contributed by atoms with Gasteiger partial charge in [0.15, 0.2) is 0 Å². The van der Waals surface area contributed by atoms with Gasteiger partial charge in [-0.25, -0.2) is 5.43 Å². The number of hydrazine groups is 1. The molecule has 15 heavy (non-hydrogen) atoms. The van der Waals surface area contributed by atoms with E-state index >= 15 is 0 Å². The van der Waals surface area contributed by atoms with Gasteiger partial charge >= 0.3 is 0 Å². The Balaban J connectivity index is 2.37. The Morgan fingerprint density at radius 3 is 2.60 bits per heavy atom. The summed E-state index contributed by atoms with van der Waals surface area (Å²) < 4.78 is 0. The molecule has 3 nitrogen and oxygen atoms in total. The van der Waals surface area contributed by atoms with Gasteiger partial charge in [0.05, 0.1) is 11.1 Å². The smallest absolute Gasteiger partial charge is 0.0818 e. The first-order chi connectivity index (χ1) is 7.33. The van der Waals surface area contributed by atoms with Gasteiger partial charge in [-0.2, -0.15) is 0 Å². The van der Waals surface area contributed by atoms with E-state index in [1.807, 2.05) is 23.6 Å². The van der Waals surface area contributed by atoms with Gasteiger partial charge in [0.1, 0.15) is 0 Å². The molecule has 1 unspecified atom stereocenters. The van der Waals surface area contributed by atoms with Gasteiger partial charge < -0.3 is 0 Å². The Bertz CT molecular complexity index is 429. The lowest BCUT2D eigenvalue weighted by atomic mass is 10.1. The van der Waals surface area contributed by atoms with Gasteiger partial charge in [0.2, 0.25) is 0 Å². The fourth-order valence-electron chi connectivity index (χ4n) is 1.39. The molecule has 2 heterocycles. The Morgan fingerprint density at radius 1 is 1.33 bits per heavy atom. The number of nitrogens with one attached hydrogen (secondary N) is 1. The molecule has 0 aliphatic carbocycles. The van der Waals surface area contributed by atoms with Crippen LogP contribution in [0.2, 0.25) is 5.02 Å². The highest BCUT2D eigenvalue weighted by atomic mass is 35.5. The van der Waals surface area contributed by atoms with E-state index in [1.54, 1.807) is 23.7 Å². The molecule has 1 atom stereocenters. The van der Waals surface area contributed by atoms with Crippen LogP contribution in [0.25, 0.3) is 0 Å². The van der Waals surface area contributed by atoms with Crippen LogP contribution < -0.4 is 11.3 Å². The van der Waals surface area contributed by atoms with Crippen LogP contribution in [0.5, 0.6) is 0 Å². The first-order valence-electron chi connectivity index (χ1n) is 4.42. The molecular weight excluding hydrogens is 230 g/mol. The molecule has 78 valence electrons. The minimum atomic E-state index is -0.0690. The molecule has 2 aromatic heterocycles. The van der Waals surface area contributed by atoms with E-state index in [0.29, 0.717) is 0 Å². The zero-order valence-corrected chi connectivity index (χ0v) is 9.42. The Labute approximate surface area is 96.9 Å². The summed E-state index contributed by atoms with van der Waals surface area (Å²) in [5.41, 5.74) is 3.81. The van der Waals surface area contributed by atoms with Gasteiger partial charge in [-0.3, -0.25) is 10.8 Å². The van der Waals surface area contributed by atoms with E-state index in [9.17, 15) is 0 Å². The second-order valence-electron chi connectivity index (χ2n) is 3.01. The van der Waals surface area contributed by atoms with Crippen LogP contribution in [0.3, 0.4) is 0 Å². The normalized spacial score (nSPS) is 12.7. The zero-order chi connectivity index (χ0) is 10.7. The van der Waals surface area contributed by atoms with E-state index < -0.39 is 0 Å². The maximum atomic E-state index is 6.06. The molecular formula is C10H10ClN3S. The molecule has 0 spiro atoms. The first kappa shape index (κ1) is 10.6. The summed E-state index contributed by atoms with van der Waals surface area (Å²) in [6, 6.07) is 5.63. The standard InChI is InChI=1S/C10H10ClN3S/c11-8-3-6-15-10(8)9(14-12)7-1-4-13-5-2-7/h1-6,9,14H,12H2. The van der Waals surface area contributed by atoms with Crippen molar-refractivity contribution in [1.82, 2.24) is 10.4 Å². The monoisotopic (exact) mass is 239 g/mol. The lowest BCUT2D eigenvalue weighted by molar-refractivity contribution is 0.646. The first-order valence-corrected chi connectivity index (χ1v) is 5.67. The number of thiophene rings is 1. The molecule has 0 fully saturated rings. The maximum Gasteiger partial charge on any atom is 0.0818 e. The van der Waals surface area contributed by atoms with Crippen LogP contribution in [0.15, 0.2) is 36.0 Å². The SMILES string of the molecule is NNC(c1ccncc1)c1sccc1Cl. The fraction of sp³-hybridized carbons (Fsp3) is 0.100. The van der Waals surface area contributed by atoms with Crippen molar-refractivity contribution in [1.29, 1.82) is 0 Å². The van der Waals surface area contributed by atoms with Crippen molar-refractivity contribution in [3.63, 3.8) is 0 Å². The maximum absolute atomic E-state index is 6.06. The molecule has 0 aromatic carbocycles. The number of halogens is 1. The summed E-state index contributed by atoms with van der Waals surface area (Å²) in [4.78, 5) is 4.99. The molecule has 5 heteroatoms. The summed E-state index contributed by atoms with van der Waals surface area (Å²) in [7, 11) is 0. The number of hydrogen-bond acceptors (Lipinski definition) is 4. The minimum Gasteiger partial charge on any atom is -0.271 e. The van der Waals surface area contributed by atoms with Crippen molar-refractivity contribution in [3.8, 4) is 0 Å². The molecule has 0 saturated heterocycles. The van der Waals surface area contributed by atoms with Crippen molar-refractivity contribution < 1.29 is 0 Å². The molecule has 0 saturated carbocycles. The Kier molecular flexibility index (Phi) is 3.33. The number of nitrogens with zero attached hydrogens (tertiary/aromatic N) is 1. The van der Waals surface area contributed by atoms with E-state index in [4.69, 9.17) is 17.4 Å². The summed E-state index contributed by atoms with van der Waals surface area (Å²) >= 11 is 7.64. The Morgan fingerprint density at radius 2 is 2.07 bits per heavy atom. The highest BCUT2D eigenvalue weighted by molar-refractivity contribution is 7.10. The third-order valence-electron chi connectivity index (χ3n) is 2.11. The van der Waals surface area contributed by atoms with Gasteiger partial charge in [0, 0.05) is 17.3 Å². The third kappa shape index (κ3) is 2.18. The van der Waals surface area contributed by atoms with Crippen molar-refractivity contribution in [2.45, 2.75) is 6.04 Å². The average Bonchev–Trinajstić information content (AvgIpc) is 2.68. The van der Waals surface area contributed by atoms with Gasteiger partial charge in [-0.1, -0.05) is 11.6 Å². The molecule has 2 aromatic rings. The average molecular weight is 240 g/mol. The molecule has 2 rings (SSSR count). The number of hydrogen-bond donors (Lipinski definition) is 2. The van der Waals surface area contributed by atoms with Crippen molar-refractivity contribution in [3.05, 3.63) is 51.4 Å². The predicted octanol–water partition coefficient (Wildman–Crippen LogP) is 2.35. The van der Waals surface area contributed by atoms with Crippen LogP contribution >= 0.6 is 22.9 Å². The second-order valence-corrected chi connectivity index (χ2v) is 4.37. The molecule has 3 N–H and O–H groups in total.